The van der Waals surface area contributed by atoms with Crippen LogP contribution < -0.4 is 10.5 Å². The number of rotatable bonds is 8. The molecule has 0 radical (unpaired) electrons. The van der Waals surface area contributed by atoms with Gasteiger partial charge in [-0.1, -0.05) is 27.7 Å². The number of nitrogens with two attached hydrogens (primary N) is 1. The highest BCUT2D eigenvalue weighted by Crippen LogP contribution is 2.06. The van der Waals surface area contributed by atoms with Crippen LogP contribution in [-0.4, -0.2) is 38.4 Å². The Bertz CT molecular complexity index is 274. The molecule has 0 aromatic rings. The molecule has 98 valence electrons. The Kier molecular flexibility index (Phi) is 7.14. The number of nitrogens with one attached hydrogen (secondary N) is 1. The lowest BCUT2D eigenvalue weighted by Gasteiger charge is -2.24. The maximum Gasteiger partial charge on any atom is 0.279 e. The predicted octanol–water partition coefficient (Wildman–Crippen LogP) is 0.536. The van der Waals surface area contributed by atoms with Crippen molar-refractivity contribution in [1.82, 2.24) is 9.03 Å². The Morgan fingerprint density at radius 2 is 1.75 bits per heavy atom. The molecule has 0 fully saturated rings. The van der Waals surface area contributed by atoms with Crippen molar-refractivity contribution in [3.05, 3.63) is 0 Å². The van der Waals surface area contributed by atoms with Gasteiger partial charge in [0.25, 0.3) is 10.2 Å². The molecule has 5 nitrogen and oxygen atoms in total. The molecule has 6 heteroatoms. The van der Waals surface area contributed by atoms with Gasteiger partial charge in [-0.25, -0.2) is 0 Å². The van der Waals surface area contributed by atoms with Crippen molar-refractivity contribution in [1.29, 1.82) is 0 Å². The monoisotopic (exact) mass is 251 g/mol. The van der Waals surface area contributed by atoms with Gasteiger partial charge in [-0.2, -0.15) is 17.4 Å². The zero-order valence-electron chi connectivity index (χ0n) is 10.7. The summed E-state index contributed by atoms with van der Waals surface area (Å²) in [4.78, 5) is 0. The van der Waals surface area contributed by atoms with Crippen LogP contribution >= 0.6 is 0 Å². The van der Waals surface area contributed by atoms with Gasteiger partial charge in [0.05, 0.1) is 0 Å². The molecule has 0 aliphatic rings. The summed E-state index contributed by atoms with van der Waals surface area (Å²) in [6.45, 7) is 9.03. The van der Waals surface area contributed by atoms with Crippen LogP contribution in [-0.2, 0) is 10.2 Å². The molecule has 1 atom stereocenters. The van der Waals surface area contributed by atoms with Gasteiger partial charge in [0.2, 0.25) is 0 Å². The minimum absolute atomic E-state index is 0.175. The van der Waals surface area contributed by atoms with Gasteiger partial charge in [0.1, 0.15) is 0 Å². The Hall–Kier alpha value is -0.170. The highest BCUT2D eigenvalue weighted by atomic mass is 32.2. The van der Waals surface area contributed by atoms with E-state index in [2.05, 4.69) is 4.72 Å². The van der Waals surface area contributed by atoms with Crippen LogP contribution in [0.5, 0.6) is 0 Å². The lowest BCUT2D eigenvalue weighted by atomic mass is 10.1. The Balaban J connectivity index is 4.53. The summed E-state index contributed by atoms with van der Waals surface area (Å²) in [5.41, 5.74) is 5.57. The zero-order chi connectivity index (χ0) is 12.8. The van der Waals surface area contributed by atoms with E-state index in [9.17, 15) is 8.42 Å². The molecule has 0 aliphatic carbocycles. The van der Waals surface area contributed by atoms with Gasteiger partial charge in [0.15, 0.2) is 0 Å². The van der Waals surface area contributed by atoms with Crippen molar-refractivity contribution in [2.24, 2.45) is 11.7 Å². The molecule has 0 spiro atoms. The summed E-state index contributed by atoms with van der Waals surface area (Å²) in [6, 6.07) is -0.175. The second-order valence-electron chi connectivity index (χ2n) is 4.27. The van der Waals surface area contributed by atoms with E-state index in [1.807, 2.05) is 27.7 Å². The second-order valence-corrected chi connectivity index (χ2v) is 5.97. The molecule has 0 aliphatic heterocycles. The van der Waals surface area contributed by atoms with E-state index in [0.717, 1.165) is 6.42 Å². The topological polar surface area (TPSA) is 75.4 Å². The zero-order valence-corrected chi connectivity index (χ0v) is 11.5. The van der Waals surface area contributed by atoms with Crippen molar-refractivity contribution >= 4 is 10.2 Å². The van der Waals surface area contributed by atoms with Gasteiger partial charge in [-0.15, -0.1) is 0 Å². The van der Waals surface area contributed by atoms with Crippen LogP contribution in [0.4, 0.5) is 0 Å². The third-order valence-electron chi connectivity index (χ3n) is 2.40. The Morgan fingerprint density at radius 3 is 2.06 bits per heavy atom. The Morgan fingerprint density at radius 1 is 1.25 bits per heavy atom. The van der Waals surface area contributed by atoms with Crippen LogP contribution in [0.25, 0.3) is 0 Å². The van der Waals surface area contributed by atoms with Crippen molar-refractivity contribution in [2.45, 2.75) is 40.2 Å². The Labute approximate surface area is 99.6 Å². The van der Waals surface area contributed by atoms with Crippen molar-refractivity contribution < 1.29 is 8.42 Å². The summed E-state index contributed by atoms with van der Waals surface area (Å²) in [6.07, 6.45) is 0.761. The molecule has 0 amide bonds. The molecular weight excluding hydrogens is 226 g/mol. The van der Waals surface area contributed by atoms with Crippen LogP contribution in [0.2, 0.25) is 0 Å². The first-order valence-corrected chi connectivity index (χ1v) is 7.28. The quantitative estimate of drug-likeness (QED) is 0.661. The smallest absolute Gasteiger partial charge is 0.279 e. The van der Waals surface area contributed by atoms with E-state index in [0.29, 0.717) is 25.6 Å². The van der Waals surface area contributed by atoms with E-state index < -0.39 is 10.2 Å². The van der Waals surface area contributed by atoms with Crippen LogP contribution in [0.15, 0.2) is 0 Å². The minimum atomic E-state index is -3.38. The average molecular weight is 251 g/mol. The lowest BCUT2D eigenvalue weighted by Crippen LogP contribution is -2.48. The molecular formula is C10H25N3O2S. The normalized spacial score (nSPS) is 14.7. The lowest BCUT2D eigenvalue weighted by molar-refractivity contribution is 0.409. The van der Waals surface area contributed by atoms with Crippen molar-refractivity contribution in [3.8, 4) is 0 Å². The first kappa shape index (κ1) is 15.8. The molecule has 1 unspecified atom stereocenters. The van der Waals surface area contributed by atoms with Crippen LogP contribution in [0.3, 0.4) is 0 Å². The van der Waals surface area contributed by atoms with Gasteiger partial charge in [0, 0.05) is 25.7 Å². The molecule has 0 heterocycles. The first-order chi connectivity index (χ1) is 7.37. The molecule has 0 saturated carbocycles. The fourth-order valence-corrected chi connectivity index (χ4v) is 3.05. The maximum absolute atomic E-state index is 11.9. The first-order valence-electron chi connectivity index (χ1n) is 5.84. The standard InChI is InChI=1S/C10H25N3O2S/c1-5-13(6-2)16(14,15)12-10(8-11)7-9(3)4/h9-10,12H,5-8,11H2,1-4H3. The maximum atomic E-state index is 11.9. The average Bonchev–Trinajstić information content (AvgIpc) is 2.16. The summed E-state index contributed by atoms with van der Waals surface area (Å²) >= 11 is 0. The summed E-state index contributed by atoms with van der Waals surface area (Å²) in [5.74, 6) is 0.424. The van der Waals surface area contributed by atoms with Crippen LogP contribution in [0, 0.1) is 5.92 Å². The summed E-state index contributed by atoms with van der Waals surface area (Å²) in [5, 5.41) is 0. The van der Waals surface area contributed by atoms with Crippen molar-refractivity contribution in [3.63, 3.8) is 0 Å². The highest BCUT2D eigenvalue weighted by Gasteiger charge is 2.22. The molecule has 0 bridgehead atoms. The largest absolute Gasteiger partial charge is 0.329 e. The third kappa shape index (κ3) is 5.25. The molecule has 0 rings (SSSR count). The van der Waals surface area contributed by atoms with Gasteiger partial charge in [-0.3, -0.25) is 0 Å². The molecule has 0 saturated heterocycles. The molecule has 0 aromatic heterocycles. The van der Waals surface area contributed by atoms with Gasteiger partial charge < -0.3 is 5.73 Å². The van der Waals surface area contributed by atoms with Crippen LogP contribution in [0.1, 0.15) is 34.1 Å². The summed E-state index contributed by atoms with van der Waals surface area (Å²) < 4.78 is 27.9. The van der Waals surface area contributed by atoms with E-state index in [-0.39, 0.29) is 6.04 Å². The highest BCUT2D eigenvalue weighted by molar-refractivity contribution is 7.87. The van der Waals surface area contributed by atoms with E-state index in [1.165, 1.54) is 4.31 Å². The van der Waals surface area contributed by atoms with Gasteiger partial charge in [-0.05, 0) is 12.3 Å². The SMILES string of the molecule is CCN(CC)S(=O)(=O)NC(CN)CC(C)C. The second kappa shape index (κ2) is 7.21. The van der Waals surface area contributed by atoms with Crippen molar-refractivity contribution in [2.75, 3.05) is 19.6 Å². The number of hydrogen-bond donors (Lipinski definition) is 2. The van der Waals surface area contributed by atoms with E-state index in [1.54, 1.807) is 0 Å². The third-order valence-corrected chi connectivity index (χ3v) is 4.23. The fourth-order valence-electron chi connectivity index (χ4n) is 1.61. The molecule has 0 aromatic carbocycles. The molecule has 3 N–H and O–H groups in total. The minimum Gasteiger partial charge on any atom is -0.329 e. The summed E-state index contributed by atoms with van der Waals surface area (Å²) in [7, 11) is -3.38. The predicted molar refractivity (Wildman–Crippen MR) is 67.3 cm³/mol. The molecule has 16 heavy (non-hydrogen) atoms. The van der Waals surface area contributed by atoms with E-state index >= 15 is 0 Å². The van der Waals surface area contributed by atoms with Gasteiger partial charge >= 0.3 is 0 Å². The number of nitrogens with zero attached hydrogens (tertiary/aromatic N) is 1. The number of hydrogen-bond acceptors (Lipinski definition) is 3. The van der Waals surface area contributed by atoms with E-state index in [4.69, 9.17) is 5.73 Å². The fraction of sp³-hybridized carbons (Fsp3) is 1.00.